The molecule has 1 aromatic heterocycles. The van der Waals surface area contributed by atoms with Gasteiger partial charge in [0.25, 0.3) is 5.91 Å². The fourth-order valence-corrected chi connectivity index (χ4v) is 3.73. The summed E-state index contributed by atoms with van der Waals surface area (Å²) in [6.45, 7) is 5.87. The van der Waals surface area contributed by atoms with Crippen molar-refractivity contribution in [2.24, 2.45) is 0 Å². The molecule has 7 nitrogen and oxygen atoms in total. The number of anilines is 1. The van der Waals surface area contributed by atoms with Crippen LogP contribution in [0.3, 0.4) is 0 Å². The Labute approximate surface area is 178 Å². The van der Waals surface area contributed by atoms with Crippen LogP contribution in [0.2, 0.25) is 0 Å². The lowest BCUT2D eigenvalue weighted by Gasteiger charge is -2.33. The van der Waals surface area contributed by atoms with Gasteiger partial charge in [-0.15, -0.1) is 0 Å². The minimum Gasteiger partial charge on any atom is -0.491 e. The molecule has 2 aliphatic rings. The summed E-state index contributed by atoms with van der Waals surface area (Å²) in [5.74, 6) is 1.63. The lowest BCUT2D eigenvalue weighted by atomic mass is 10.2. The largest absolute Gasteiger partial charge is 0.491 e. The van der Waals surface area contributed by atoms with E-state index in [4.69, 9.17) is 9.47 Å². The van der Waals surface area contributed by atoms with Gasteiger partial charge in [-0.05, 0) is 61.9 Å². The standard InChI is InChI=1S/C23H30N4O3/c1-26-10-12-27(13-11-26)22-15-18(8-9-24-22)16-25-23(28)19-4-6-20(7-5-19)30-17-21-3-2-14-29-21/h4-9,15,21H,2-3,10-14,16-17H2,1H3,(H,25,28). The van der Waals surface area contributed by atoms with Crippen LogP contribution in [0.4, 0.5) is 5.82 Å². The summed E-state index contributed by atoms with van der Waals surface area (Å²) in [6, 6.07) is 11.3. The number of hydrogen-bond donors (Lipinski definition) is 1. The fourth-order valence-electron chi connectivity index (χ4n) is 3.73. The van der Waals surface area contributed by atoms with Gasteiger partial charge in [-0.3, -0.25) is 4.79 Å². The molecule has 1 atom stereocenters. The van der Waals surface area contributed by atoms with Crippen molar-refractivity contribution in [2.45, 2.75) is 25.5 Å². The van der Waals surface area contributed by atoms with E-state index in [1.807, 2.05) is 24.4 Å². The lowest BCUT2D eigenvalue weighted by Crippen LogP contribution is -2.44. The van der Waals surface area contributed by atoms with Crippen molar-refractivity contribution < 1.29 is 14.3 Å². The van der Waals surface area contributed by atoms with Crippen molar-refractivity contribution in [1.29, 1.82) is 0 Å². The van der Waals surface area contributed by atoms with E-state index in [2.05, 4.69) is 33.2 Å². The molecule has 7 heteroatoms. The zero-order valence-electron chi connectivity index (χ0n) is 17.5. The molecule has 0 saturated carbocycles. The zero-order valence-corrected chi connectivity index (χ0v) is 17.5. The molecule has 2 saturated heterocycles. The second-order valence-corrected chi connectivity index (χ2v) is 7.97. The number of amides is 1. The highest BCUT2D eigenvalue weighted by Gasteiger charge is 2.17. The third-order valence-electron chi connectivity index (χ3n) is 5.67. The first kappa shape index (κ1) is 20.6. The maximum atomic E-state index is 12.5. The van der Waals surface area contributed by atoms with Gasteiger partial charge < -0.3 is 24.6 Å². The van der Waals surface area contributed by atoms with E-state index in [1.165, 1.54) is 0 Å². The monoisotopic (exact) mass is 410 g/mol. The van der Waals surface area contributed by atoms with Crippen molar-refractivity contribution in [2.75, 3.05) is 51.3 Å². The molecule has 2 aromatic rings. The third-order valence-corrected chi connectivity index (χ3v) is 5.67. The molecule has 1 amide bonds. The number of carbonyl (C=O) groups excluding carboxylic acids is 1. The average molecular weight is 411 g/mol. The normalized spacial score (nSPS) is 19.6. The number of piperazine rings is 1. The van der Waals surface area contributed by atoms with E-state index in [1.54, 1.807) is 12.1 Å². The summed E-state index contributed by atoms with van der Waals surface area (Å²) >= 11 is 0. The molecule has 30 heavy (non-hydrogen) atoms. The van der Waals surface area contributed by atoms with E-state index < -0.39 is 0 Å². The maximum absolute atomic E-state index is 12.5. The SMILES string of the molecule is CN1CCN(c2cc(CNC(=O)c3ccc(OCC4CCCO4)cc3)ccn2)CC1. The summed E-state index contributed by atoms with van der Waals surface area (Å²) in [7, 11) is 2.14. The fraction of sp³-hybridized carbons (Fsp3) is 0.478. The van der Waals surface area contributed by atoms with Crippen LogP contribution in [-0.2, 0) is 11.3 Å². The van der Waals surface area contributed by atoms with Crippen molar-refractivity contribution in [3.05, 3.63) is 53.7 Å². The molecule has 0 spiro atoms. The summed E-state index contributed by atoms with van der Waals surface area (Å²) in [5.41, 5.74) is 1.66. The van der Waals surface area contributed by atoms with E-state index >= 15 is 0 Å². The number of rotatable bonds is 7. The van der Waals surface area contributed by atoms with Crippen LogP contribution in [0.1, 0.15) is 28.8 Å². The van der Waals surface area contributed by atoms with Crippen LogP contribution < -0.4 is 15.0 Å². The number of nitrogens with zero attached hydrogens (tertiary/aromatic N) is 3. The van der Waals surface area contributed by atoms with Gasteiger partial charge in [0, 0.05) is 51.1 Å². The summed E-state index contributed by atoms with van der Waals surface area (Å²) < 4.78 is 11.3. The Kier molecular flexibility index (Phi) is 6.81. The number of likely N-dealkylation sites (N-methyl/N-ethyl adjacent to an activating group) is 1. The van der Waals surface area contributed by atoms with Crippen LogP contribution >= 0.6 is 0 Å². The average Bonchev–Trinajstić information content (AvgIpc) is 3.31. The number of aromatic nitrogens is 1. The number of ether oxygens (including phenoxy) is 2. The molecule has 3 heterocycles. The predicted octanol–water partition coefficient (Wildman–Crippen LogP) is 2.32. The molecule has 1 aromatic carbocycles. The van der Waals surface area contributed by atoms with E-state index in [0.29, 0.717) is 18.7 Å². The predicted molar refractivity (Wildman–Crippen MR) is 116 cm³/mol. The van der Waals surface area contributed by atoms with Gasteiger partial charge in [0.05, 0.1) is 6.10 Å². The number of pyridine rings is 1. The molecule has 1 N–H and O–H groups in total. The van der Waals surface area contributed by atoms with Gasteiger partial charge in [-0.25, -0.2) is 4.98 Å². The second kappa shape index (κ2) is 9.91. The third kappa shape index (κ3) is 5.49. The molecule has 0 aliphatic carbocycles. The first-order valence-corrected chi connectivity index (χ1v) is 10.7. The van der Waals surface area contributed by atoms with Crippen LogP contribution in [0.25, 0.3) is 0 Å². The smallest absolute Gasteiger partial charge is 0.251 e. The van der Waals surface area contributed by atoms with Gasteiger partial charge in [-0.2, -0.15) is 0 Å². The van der Waals surface area contributed by atoms with E-state index in [-0.39, 0.29) is 12.0 Å². The molecular weight excluding hydrogens is 380 g/mol. The minimum atomic E-state index is -0.0985. The molecule has 2 fully saturated rings. The Balaban J connectivity index is 1.27. The first-order chi connectivity index (χ1) is 14.7. The lowest BCUT2D eigenvalue weighted by molar-refractivity contribution is 0.0679. The Morgan fingerprint density at radius 2 is 2.00 bits per heavy atom. The Bertz CT molecular complexity index is 829. The molecule has 160 valence electrons. The highest BCUT2D eigenvalue weighted by Crippen LogP contribution is 2.17. The van der Waals surface area contributed by atoms with Crippen molar-refractivity contribution in [3.63, 3.8) is 0 Å². The molecule has 2 aliphatic heterocycles. The molecule has 0 bridgehead atoms. The van der Waals surface area contributed by atoms with Crippen LogP contribution in [0.5, 0.6) is 5.75 Å². The first-order valence-electron chi connectivity index (χ1n) is 10.7. The molecule has 1 unspecified atom stereocenters. The maximum Gasteiger partial charge on any atom is 0.251 e. The molecular formula is C23H30N4O3. The highest BCUT2D eigenvalue weighted by molar-refractivity contribution is 5.94. The summed E-state index contributed by atoms with van der Waals surface area (Å²) in [5, 5.41) is 2.99. The van der Waals surface area contributed by atoms with Crippen LogP contribution in [0.15, 0.2) is 42.6 Å². The van der Waals surface area contributed by atoms with Gasteiger partial charge >= 0.3 is 0 Å². The number of hydrogen-bond acceptors (Lipinski definition) is 6. The number of carbonyl (C=O) groups is 1. The van der Waals surface area contributed by atoms with Gasteiger partial charge in [-0.1, -0.05) is 0 Å². The van der Waals surface area contributed by atoms with Gasteiger partial charge in [0.15, 0.2) is 0 Å². The minimum absolute atomic E-state index is 0.0985. The number of benzene rings is 1. The zero-order chi connectivity index (χ0) is 20.8. The van der Waals surface area contributed by atoms with Crippen molar-refractivity contribution in [1.82, 2.24) is 15.2 Å². The van der Waals surface area contributed by atoms with Crippen molar-refractivity contribution >= 4 is 11.7 Å². The van der Waals surface area contributed by atoms with E-state index in [9.17, 15) is 4.79 Å². The molecule has 4 rings (SSSR count). The van der Waals surface area contributed by atoms with E-state index in [0.717, 1.165) is 62.8 Å². The Hall–Kier alpha value is -2.64. The molecule has 0 radical (unpaired) electrons. The van der Waals surface area contributed by atoms with Crippen molar-refractivity contribution in [3.8, 4) is 5.75 Å². The number of nitrogens with one attached hydrogen (secondary N) is 1. The Morgan fingerprint density at radius 3 is 2.73 bits per heavy atom. The van der Waals surface area contributed by atoms with Gasteiger partial charge in [0.2, 0.25) is 0 Å². The highest BCUT2D eigenvalue weighted by atomic mass is 16.5. The topological polar surface area (TPSA) is 66.9 Å². The van der Waals surface area contributed by atoms with Crippen LogP contribution in [-0.4, -0.2) is 68.3 Å². The quantitative estimate of drug-likeness (QED) is 0.756. The second-order valence-electron chi connectivity index (χ2n) is 7.97. The summed E-state index contributed by atoms with van der Waals surface area (Å²) in [4.78, 5) is 21.6. The van der Waals surface area contributed by atoms with Crippen LogP contribution in [0, 0.1) is 0 Å². The summed E-state index contributed by atoms with van der Waals surface area (Å²) in [6.07, 6.45) is 4.15. The van der Waals surface area contributed by atoms with Gasteiger partial charge in [0.1, 0.15) is 18.2 Å². The Morgan fingerprint density at radius 1 is 1.20 bits per heavy atom.